The normalized spacial score (nSPS) is 15.2. The number of piperidine rings is 1. The summed E-state index contributed by atoms with van der Waals surface area (Å²) in [5, 5.41) is 8.98. The van der Waals surface area contributed by atoms with E-state index in [0.29, 0.717) is 30.1 Å². The van der Waals surface area contributed by atoms with E-state index in [1.54, 1.807) is 24.0 Å². The fourth-order valence-corrected chi connectivity index (χ4v) is 3.55. The molecule has 138 valence electrons. The van der Waals surface area contributed by atoms with E-state index in [-0.39, 0.29) is 23.9 Å². The molecule has 6 heteroatoms. The summed E-state index contributed by atoms with van der Waals surface area (Å²) in [7, 11) is 0. The molecule has 1 fully saturated rings. The van der Waals surface area contributed by atoms with Crippen molar-refractivity contribution in [3.8, 4) is 0 Å². The van der Waals surface area contributed by atoms with Crippen LogP contribution in [0, 0.1) is 18.7 Å². The zero-order valence-corrected chi connectivity index (χ0v) is 14.7. The molecule has 0 radical (unpaired) electrons. The Kier molecular flexibility index (Phi) is 5.40. The van der Waals surface area contributed by atoms with Gasteiger partial charge in [0.1, 0.15) is 18.0 Å². The highest BCUT2D eigenvalue weighted by atomic mass is 19.1. The molecule has 5 nitrogen and oxygen atoms in total. The second-order valence-corrected chi connectivity index (χ2v) is 6.86. The number of carbonyl (C=O) groups excluding carboxylic acids is 1. The number of halogens is 1. The first-order valence-corrected chi connectivity index (χ1v) is 8.76. The predicted molar refractivity (Wildman–Crippen MR) is 93.5 cm³/mol. The van der Waals surface area contributed by atoms with Gasteiger partial charge in [-0.3, -0.25) is 9.59 Å². The average molecular weight is 359 g/mol. The van der Waals surface area contributed by atoms with Gasteiger partial charge in [0.25, 0.3) is 5.91 Å². The van der Waals surface area contributed by atoms with Crippen molar-refractivity contribution in [2.75, 3.05) is 13.1 Å². The predicted octanol–water partition coefficient (Wildman–Crippen LogP) is 3.45. The van der Waals surface area contributed by atoms with E-state index in [1.807, 2.05) is 6.07 Å². The minimum Gasteiger partial charge on any atom is -0.481 e. The first-order valence-electron chi connectivity index (χ1n) is 8.76. The van der Waals surface area contributed by atoms with E-state index >= 15 is 0 Å². The Morgan fingerprint density at radius 2 is 2.04 bits per heavy atom. The number of furan rings is 1. The lowest BCUT2D eigenvalue weighted by Crippen LogP contribution is -2.39. The Bertz CT molecular complexity index is 806. The number of aliphatic carboxylic acids is 1. The van der Waals surface area contributed by atoms with Crippen LogP contribution in [0.4, 0.5) is 4.39 Å². The molecule has 1 aliphatic heterocycles. The molecule has 2 aromatic rings. The number of hydrogen-bond donors (Lipinski definition) is 1. The number of carboxylic acids is 1. The van der Waals surface area contributed by atoms with Crippen LogP contribution in [0.25, 0.3) is 0 Å². The highest BCUT2D eigenvalue weighted by Gasteiger charge is 2.28. The van der Waals surface area contributed by atoms with Gasteiger partial charge in [0.15, 0.2) is 0 Å². The average Bonchev–Trinajstić information content (AvgIpc) is 2.94. The van der Waals surface area contributed by atoms with Crippen LogP contribution in [0.15, 0.2) is 34.9 Å². The third-order valence-electron chi connectivity index (χ3n) is 4.89. The molecule has 0 aliphatic carbocycles. The third-order valence-corrected chi connectivity index (χ3v) is 4.89. The minimum absolute atomic E-state index is 0.170. The Hall–Kier alpha value is -2.63. The molecule has 0 bridgehead atoms. The molecule has 1 aromatic carbocycles. The Morgan fingerprint density at radius 1 is 1.31 bits per heavy atom. The fraction of sp³-hybridized carbons (Fsp3) is 0.400. The Balaban J connectivity index is 1.62. The van der Waals surface area contributed by atoms with E-state index in [1.165, 1.54) is 12.3 Å². The van der Waals surface area contributed by atoms with E-state index in [2.05, 4.69) is 0 Å². The number of likely N-dealkylation sites (tertiary alicyclic amines) is 1. The number of aryl methyl sites for hydroxylation is 1. The summed E-state index contributed by atoms with van der Waals surface area (Å²) in [6, 6.07) is 6.64. The third kappa shape index (κ3) is 4.12. The topological polar surface area (TPSA) is 70.7 Å². The van der Waals surface area contributed by atoms with Crippen molar-refractivity contribution in [1.82, 2.24) is 4.90 Å². The SMILES string of the molecule is Cc1coc(CC(=O)O)c1C(=O)N1CCC(Cc2cccc(F)c2)CC1. The van der Waals surface area contributed by atoms with Crippen LogP contribution >= 0.6 is 0 Å². The summed E-state index contributed by atoms with van der Waals surface area (Å²) in [6.45, 7) is 2.96. The van der Waals surface area contributed by atoms with Crippen LogP contribution in [0.5, 0.6) is 0 Å². The largest absolute Gasteiger partial charge is 0.481 e. The lowest BCUT2D eigenvalue weighted by Gasteiger charge is -2.32. The molecule has 0 spiro atoms. The zero-order valence-electron chi connectivity index (χ0n) is 14.7. The van der Waals surface area contributed by atoms with E-state index < -0.39 is 5.97 Å². The molecule has 3 rings (SSSR count). The van der Waals surface area contributed by atoms with Crippen molar-refractivity contribution < 1.29 is 23.5 Å². The lowest BCUT2D eigenvalue weighted by molar-refractivity contribution is -0.136. The molecular weight excluding hydrogens is 337 g/mol. The second-order valence-electron chi connectivity index (χ2n) is 6.86. The van der Waals surface area contributed by atoms with Crippen LogP contribution in [-0.2, 0) is 17.6 Å². The summed E-state index contributed by atoms with van der Waals surface area (Å²) in [4.78, 5) is 25.5. The highest BCUT2D eigenvalue weighted by molar-refractivity contribution is 5.97. The summed E-state index contributed by atoms with van der Waals surface area (Å²) in [5.74, 6) is -0.804. The second kappa shape index (κ2) is 7.72. The molecule has 1 saturated heterocycles. The molecule has 2 heterocycles. The van der Waals surface area contributed by atoms with Crippen LogP contribution < -0.4 is 0 Å². The summed E-state index contributed by atoms with van der Waals surface area (Å²) in [5.41, 5.74) is 2.01. The van der Waals surface area contributed by atoms with Crippen molar-refractivity contribution in [1.29, 1.82) is 0 Å². The molecule has 0 saturated carbocycles. The molecular formula is C20H22FNO4. The van der Waals surface area contributed by atoms with Gasteiger partial charge >= 0.3 is 5.97 Å². The Labute approximate surface area is 151 Å². The highest BCUT2D eigenvalue weighted by Crippen LogP contribution is 2.26. The van der Waals surface area contributed by atoms with E-state index in [4.69, 9.17) is 9.52 Å². The number of benzene rings is 1. The van der Waals surface area contributed by atoms with Gasteiger partial charge in [-0.15, -0.1) is 0 Å². The molecule has 1 aromatic heterocycles. The molecule has 1 aliphatic rings. The molecule has 0 atom stereocenters. The van der Waals surface area contributed by atoms with Gasteiger partial charge in [-0.1, -0.05) is 12.1 Å². The molecule has 0 unspecified atom stereocenters. The number of carbonyl (C=O) groups is 2. The smallest absolute Gasteiger partial charge is 0.311 e. The number of carboxylic acid groups (broad SMARTS) is 1. The van der Waals surface area contributed by atoms with Gasteiger partial charge in [0, 0.05) is 18.7 Å². The summed E-state index contributed by atoms with van der Waals surface area (Å²) in [6.07, 6.45) is 3.61. The minimum atomic E-state index is -1.03. The first kappa shape index (κ1) is 18.2. The van der Waals surface area contributed by atoms with Crippen LogP contribution in [-0.4, -0.2) is 35.0 Å². The van der Waals surface area contributed by atoms with E-state index in [0.717, 1.165) is 24.8 Å². The van der Waals surface area contributed by atoms with Crippen LogP contribution in [0.1, 0.15) is 40.1 Å². The molecule has 26 heavy (non-hydrogen) atoms. The molecule has 1 amide bonds. The maximum absolute atomic E-state index is 13.3. The number of nitrogens with zero attached hydrogens (tertiary/aromatic N) is 1. The van der Waals surface area contributed by atoms with Crippen LogP contribution in [0.3, 0.4) is 0 Å². The van der Waals surface area contributed by atoms with Gasteiger partial charge in [-0.25, -0.2) is 4.39 Å². The number of hydrogen-bond acceptors (Lipinski definition) is 3. The maximum atomic E-state index is 13.3. The number of rotatable bonds is 5. The van der Waals surface area contributed by atoms with Crippen molar-refractivity contribution in [3.05, 3.63) is 58.8 Å². The van der Waals surface area contributed by atoms with Gasteiger partial charge in [-0.05, 0) is 49.8 Å². The number of amides is 1. The molecule has 1 N–H and O–H groups in total. The summed E-state index contributed by atoms with van der Waals surface area (Å²) < 4.78 is 18.6. The van der Waals surface area contributed by atoms with Gasteiger partial charge in [-0.2, -0.15) is 0 Å². The maximum Gasteiger partial charge on any atom is 0.311 e. The van der Waals surface area contributed by atoms with Gasteiger partial charge < -0.3 is 14.4 Å². The summed E-state index contributed by atoms with van der Waals surface area (Å²) >= 11 is 0. The fourth-order valence-electron chi connectivity index (χ4n) is 3.55. The quantitative estimate of drug-likeness (QED) is 0.888. The van der Waals surface area contributed by atoms with E-state index in [9.17, 15) is 14.0 Å². The lowest BCUT2D eigenvalue weighted by atomic mass is 9.90. The van der Waals surface area contributed by atoms with Gasteiger partial charge in [0.05, 0.1) is 11.8 Å². The Morgan fingerprint density at radius 3 is 2.69 bits per heavy atom. The van der Waals surface area contributed by atoms with Crippen molar-refractivity contribution in [3.63, 3.8) is 0 Å². The van der Waals surface area contributed by atoms with Crippen molar-refractivity contribution in [2.24, 2.45) is 5.92 Å². The zero-order chi connectivity index (χ0) is 18.7. The monoisotopic (exact) mass is 359 g/mol. The van der Waals surface area contributed by atoms with Crippen LogP contribution in [0.2, 0.25) is 0 Å². The first-order chi connectivity index (χ1) is 12.4. The standard InChI is InChI=1S/C20H22FNO4/c1-13-12-26-17(11-18(23)24)19(13)20(25)22-7-5-14(6-8-22)9-15-3-2-4-16(21)10-15/h2-4,10,12,14H,5-9,11H2,1H3,(H,23,24). The van der Waals surface area contributed by atoms with Crippen molar-refractivity contribution in [2.45, 2.75) is 32.6 Å². The van der Waals surface area contributed by atoms with Crippen molar-refractivity contribution >= 4 is 11.9 Å². The van der Waals surface area contributed by atoms with Gasteiger partial charge in [0.2, 0.25) is 0 Å².